The van der Waals surface area contributed by atoms with Crippen LogP contribution in [0.5, 0.6) is 0 Å². The molecule has 0 aliphatic heterocycles. The lowest BCUT2D eigenvalue weighted by Crippen LogP contribution is -2.33. The van der Waals surface area contributed by atoms with Gasteiger partial charge in [-0.2, -0.15) is 0 Å². The SMILES string of the molecule is C=C(CCCC1(CCC)CC(CCC)CC(c2ccccc2)C1)c1cccc(F)c1C. The largest absolute Gasteiger partial charge is 0.207 e. The molecular weight excluding hydrogens is 379 g/mol. The first-order valence-corrected chi connectivity index (χ1v) is 12.5. The van der Waals surface area contributed by atoms with Gasteiger partial charge in [0.05, 0.1) is 0 Å². The van der Waals surface area contributed by atoms with Crippen LogP contribution in [0, 0.1) is 24.1 Å². The van der Waals surface area contributed by atoms with Gasteiger partial charge in [0.25, 0.3) is 0 Å². The summed E-state index contributed by atoms with van der Waals surface area (Å²) in [5, 5.41) is 0. The van der Waals surface area contributed by atoms with Crippen molar-refractivity contribution in [3.05, 3.63) is 77.6 Å². The van der Waals surface area contributed by atoms with E-state index in [1.54, 1.807) is 6.07 Å². The Kier molecular flexibility index (Phi) is 8.52. The molecule has 0 radical (unpaired) electrons. The van der Waals surface area contributed by atoms with Crippen molar-refractivity contribution in [1.29, 1.82) is 0 Å². The molecule has 0 saturated heterocycles. The van der Waals surface area contributed by atoms with E-state index in [0.717, 1.165) is 35.5 Å². The van der Waals surface area contributed by atoms with Crippen LogP contribution in [-0.4, -0.2) is 0 Å². The van der Waals surface area contributed by atoms with Gasteiger partial charge in [-0.3, -0.25) is 0 Å². The molecule has 3 rings (SSSR count). The van der Waals surface area contributed by atoms with Crippen LogP contribution in [0.1, 0.15) is 101 Å². The third kappa shape index (κ3) is 6.09. The Bertz CT molecular complexity index is 837. The van der Waals surface area contributed by atoms with Gasteiger partial charge in [-0.15, -0.1) is 0 Å². The Balaban J connectivity index is 1.72. The van der Waals surface area contributed by atoms with Crippen LogP contribution >= 0.6 is 0 Å². The lowest BCUT2D eigenvalue weighted by Gasteiger charge is -2.45. The van der Waals surface area contributed by atoms with Gasteiger partial charge in [-0.1, -0.05) is 82.2 Å². The smallest absolute Gasteiger partial charge is 0.126 e. The molecule has 2 aromatic carbocycles. The summed E-state index contributed by atoms with van der Waals surface area (Å²) in [6, 6.07) is 16.6. The van der Waals surface area contributed by atoms with Crippen molar-refractivity contribution in [3.8, 4) is 0 Å². The zero-order valence-corrected chi connectivity index (χ0v) is 19.9. The van der Waals surface area contributed by atoms with Gasteiger partial charge in [0.15, 0.2) is 0 Å². The summed E-state index contributed by atoms with van der Waals surface area (Å²) in [4.78, 5) is 0. The first kappa shape index (κ1) is 23.8. The Labute approximate surface area is 190 Å². The monoisotopic (exact) mass is 420 g/mol. The van der Waals surface area contributed by atoms with Crippen molar-refractivity contribution in [3.63, 3.8) is 0 Å². The fourth-order valence-electron chi connectivity index (χ4n) is 6.26. The van der Waals surface area contributed by atoms with E-state index < -0.39 is 0 Å². The highest BCUT2D eigenvalue weighted by Gasteiger charge is 2.39. The zero-order chi connectivity index (χ0) is 22.3. The summed E-state index contributed by atoms with van der Waals surface area (Å²) < 4.78 is 14.0. The molecule has 31 heavy (non-hydrogen) atoms. The van der Waals surface area contributed by atoms with Crippen molar-refractivity contribution in [2.75, 3.05) is 0 Å². The van der Waals surface area contributed by atoms with E-state index >= 15 is 0 Å². The Morgan fingerprint density at radius 1 is 1.00 bits per heavy atom. The lowest BCUT2D eigenvalue weighted by molar-refractivity contribution is 0.0894. The highest BCUT2D eigenvalue weighted by molar-refractivity contribution is 5.66. The summed E-state index contributed by atoms with van der Waals surface area (Å²) in [5.41, 5.74) is 4.79. The second kappa shape index (κ2) is 11.1. The fourth-order valence-corrected chi connectivity index (χ4v) is 6.26. The number of allylic oxidation sites excluding steroid dienone is 1. The van der Waals surface area contributed by atoms with Crippen molar-refractivity contribution >= 4 is 5.57 Å². The number of hydrogen-bond acceptors (Lipinski definition) is 0. The number of hydrogen-bond donors (Lipinski definition) is 0. The molecule has 1 aliphatic rings. The molecule has 3 unspecified atom stereocenters. The van der Waals surface area contributed by atoms with Crippen LogP contribution in [0.15, 0.2) is 55.1 Å². The van der Waals surface area contributed by atoms with E-state index in [1.165, 1.54) is 56.9 Å². The van der Waals surface area contributed by atoms with Crippen LogP contribution in [0.4, 0.5) is 4.39 Å². The van der Waals surface area contributed by atoms with E-state index in [2.05, 4.69) is 50.8 Å². The first-order valence-electron chi connectivity index (χ1n) is 12.5. The molecule has 2 aromatic rings. The van der Waals surface area contributed by atoms with E-state index in [4.69, 9.17) is 0 Å². The quantitative estimate of drug-likeness (QED) is 0.359. The molecule has 0 aromatic heterocycles. The molecule has 0 amide bonds. The number of halogens is 1. The van der Waals surface area contributed by atoms with E-state index in [-0.39, 0.29) is 5.82 Å². The number of benzene rings is 2. The lowest BCUT2D eigenvalue weighted by atomic mass is 9.59. The van der Waals surface area contributed by atoms with Crippen molar-refractivity contribution in [2.45, 2.75) is 90.9 Å². The first-order chi connectivity index (χ1) is 15.0. The van der Waals surface area contributed by atoms with Crippen LogP contribution in [0.2, 0.25) is 0 Å². The normalized spacial score (nSPS) is 23.6. The molecule has 0 spiro atoms. The second-order valence-corrected chi connectivity index (χ2v) is 10.0. The summed E-state index contributed by atoms with van der Waals surface area (Å²) in [6.45, 7) is 10.9. The van der Waals surface area contributed by atoms with Crippen LogP contribution in [-0.2, 0) is 0 Å². The minimum Gasteiger partial charge on any atom is -0.207 e. The summed E-state index contributed by atoms with van der Waals surface area (Å²) in [5.74, 6) is 1.40. The van der Waals surface area contributed by atoms with Gasteiger partial charge in [0, 0.05) is 0 Å². The molecule has 0 bridgehead atoms. The molecule has 1 saturated carbocycles. The standard InChI is InChI=1S/C30H41F/c1-5-12-25-20-27(26-14-8-7-9-15-26)22-30(21-25,18-6-2)19-11-13-23(3)28-16-10-17-29(31)24(28)4/h7-10,14-17,25,27H,3,5-6,11-13,18-22H2,1-2,4H3. The van der Waals surface area contributed by atoms with Gasteiger partial charge >= 0.3 is 0 Å². The summed E-state index contributed by atoms with van der Waals surface area (Å²) >= 11 is 0. The van der Waals surface area contributed by atoms with E-state index in [9.17, 15) is 4.39 Å². The van der Waals surface area contributed by atoms with E-state index in [0.29, 0.717) is 11.3 Å². The predicted octanol–water partition coefficient (Wildman–Crippen LogP) is 9.49. The number of rotatable bonds is 10. The van der Waals surface area contributed by atoms with Gasteiger partial charge in [0.1, 0.15) is 5.82 Å². The minimum absolute atomic E-state index is 0.124. The van der Waals surface area contributed by atoms with Crippen molar-refractivity contribution in [1.82, 2.24) is 0 Å². The molecule has 0 heterocycles. The molecule has 1 heteroatoms. The fraction of sp³-hybridized carbons (Fsp3) is 0.533. The molecule has 1 fully saturated rings. The van der Waals surface area contributed by atoms with Gasteiger partial charge in [0.2, 0.25) is 0 Å². The van der Waals surface area contributed by atoms with Crippen LogP contribution in [0.25, 0.3) is 5.57 Å². The maximum absolute atomic E-state index is 14.0. The Hall–Kier alpha value is -1.89. The summed E-state index contributed by atoms with van der Waals surface area (Å²) in [7, 11) is 0. The third-order valence-corrected chi connectivity index (χ3v) is 7.60. The average molecular weight is 421 g/mol. The Morgan fingerprint density at radius 3 is 2.48 bits per heavy atom. The topological polar surface area (TPSA) is 0 Å². The highest BCUT2D eigenvalue weighted by atomic mass is 19.1. The molecule has 1 aliphatic carbocycles. The highest BCUT2D eigenvalue weighted by Crippen LogP contribution is 2.53. The third-order valence-electron chi connectivity index (χ3n) is 7.60. The Morgan fingerprint density at radius 2 is 1.77 bits per heavy atom. The maximum atomic E-state index is 14.0. The zero-order valence-electron chi connectivity index (χ0n) is 19.9. The summed E-state index contributed by atoms with van der Waals surface area (Å²) in [6.07, 6.45) is 12.6. The average Bonchev–Trinajstić information content (AvgIpc) is 2.76. The molecule has 0 nitrogen and oxygen atoms in total. The van der Waals surface area contributed by atoms with Crippen LogP contribution < -0.4 is 0 Å². The van der Waals surface area contributed by atoms with Gasteiger partial charge in [-0.25, -0.2) is 4.39 Å². The van der Waals surface area contributed by atoms with Gasteiger partial charge < -0.3 is 0 Å². The van der Waals surface area contributed by atoms with Crippen molar-refractivity contribution < 1.29 is 4.39 Å². The predicted molar refractivity (Wildman–Crippen MR) is 133 cm³/mol. The van der Waals surface area contributed by atoms with E-state index in [1.807, 2.05) is 19.1 Å². The molecule has 0 N–H and O–H groups in total. The molecular formula is C30H41F. The maximum Gasteiger partial charge on any atom is 0.126 e. The van der Waals surface area contributed by atoms with Gasteiger partial charge in [-0.05, 0) is 97.5 Å². The molecule has 168 valence electrons. The second-order valence-electron chi connectivity index (χ2n) is 10.0. The van der Waals surface area contributed by atoms with Crippen LogP contribution in [0.3, 0.4) is 0 Å². The molecule has 3 atom stereocenters. The minimum atomic E-state index is -0.124. The van der Waals surface area contributed by atoms with Crippen molar-refractivity contribution in [2.24, 2.45) is 11.3 Å².